The molecule has 0 amide bonds. The molecule has 0 aromatic heterocycles. The Bertz CT molecular complexity index is 48.3. The monoisotopic (exact) mass is 158 g/mol. The molecule has 0 heteroatoms. The molecule has 70 valence electrons. The maximum Gasteiger partial charge on any atom is -0.0417 e. The van der Waals surface area contributed by atoms with Gasteiger partial charge in [0.1, 0.15) is 0 Å². The molecule has 0 unspecified atom stereocenters. The van der Waals surface area contributed by atoms with Gasteiger partial charge in [0.05, 0.1) is 0 Å². The zero-order chi connectivity index (χ0) is 9.28. The summed E-state index contributed by atoms with van der Waals surface area (Å²) in [6.07, 6.45) is 4.44. The molecule has 1 fully saturated rings. The van der Waals surface area contributed by atoms with Crippen LogP contribution >= 0.6 is 0 Å². The van der Waals surface area contributed by atoms with E-state index in [2.05, 4.69) is 27.7 Å². The lowest BCUT2D eigenvalue weighted by atomic mass is 10.3. The van der Waals surface area contributed by atoms with E-state index in [4.69, 9.17) is 0 Å². The lowest BCUT2D eigenvalue weighted by molar-refractivity contribution is 0.737. The molecule has 1 aliphatic carbocycles. The van der Waals surface area contributed by atoms with Gasteiger partial charge in [0, 0.05) is 0 Å². The molecule has 0 N–H and O–H groups in total. The lowest BCUT2D eigenvalue weighted by Gasteiger charge is -1.79. The first-order valence-corrected chi connectivity index (χ1v) is 5.16. The Hall–Kier alpha value is 0. The van der Waals surface area contributed by atoms with Gasteiger partial charge in [-0.1, -0.05) is 60.8 Å². The minimum atomic E-state index is 0.833. The molecular weight excluding hydrogens is 132 g/mol. The van der Waals surface area contributed by atoms with E-state index in [0.717, 1.165) is 11.8 Å². The summed E-state index contributed by atoms with van der Waals surface area (Å²) in [5.41, 5.74) is 0. The van der Waals surface area contributed by atoms with Crippen LogP contribution in [0.2, 0.25) is 0 Å². The zero-order valence-corrected chi connectivity index (χ0v) is 9.28. The second-order valence-electron chi connectivity index (χ2n) is 3.58. The van der Waals surface area contributed by atoms with Crippen LogP contribution in [0.5, 0.6) is 0 Å². The van der Waals surface area contributed by atoms with E-state index >= 15 is 0 Å². The summed E-state index contributed by atoms with van der Waals surface area (Å²) in [7, 11) is 0. The quantitative estimate of drug-likeness (QED) is 0.527. The van der Waals surface area contributed by atoms with Gasteiger partial charge >= 0.3 is 0 Å². The van der Waals surface area contributed by atoms with Crippen LogP contribution in [-0.2, 0) is 0 Å². The highest BCUT2D eigenvalue weighted by Crippen LogP contribution is 2.31. The number of hydrogen-bond acceptors (Lipinski definition) is 0. The minimum absolute atomic E-state index is 0.833. The third-order valence-electron chi connectivity index (χ3n) is 1.27. The molecule has 0 aliphatic heterocycles. The van der Waals surface area contributed by atoms with Crippen molar-refractivity contribution in [3.8, 4) is 0 Å². The normalized spacial score (nSPS) is 14.5. The van der Waals surface area contributed by atoms with Crippen molar-refractivity contribution in [3.05, 3.63) is 0 Å². The van der Waals surface area contributed by atoms with Crippen LogP contribution in [0.1, 0.15) is 60.8 Å². The average Bonchev–Trinajstić information content (AvgIpc) is 2.72. The first-order chi connectivity index (χ1) is 5.16. The van der Waals surface area contributed by atoms with E-state index in [1.54, 1.807) is 0 Å². The third kappa shape index (κ3) is 25.6. The van der Waals surface area contributed by atoms with Crippen LogP contribution in [0.4, 0.5) is 0 Å². The van der Waals surface area contributed by atoms with Crippen molar-refractivity contribution in [1.29, 1.82) is 0 Å². The second-order valence-corrected chi connectivity index (χ2v) is 3.58. The molecule has 0 nitrogen and oxygen atoms in total. The Morgan fingerprint density at radius 3 is 1.36 bits per heavy atom. The summed E-state index contributed by atoms with van der Waals surface area (Å²) in [5.74, 6) is 1.97. The zero-order valence-electron chi connectivity index (χ0n) is 9.28. The maximum absolute atomic E-state index is 2.26. The molecule has 1 aliphatic rings. The molecule has 0 heterocycles. The van der Waals surface area contributed by atoms with E-state index in [9.17, 15) is 0 Å². The molecule has 0 atom stereocenters. The van der Waals surface area contributed by atoms with Crippen LogP contribution in [0.15, 0.2) is 0 Å². The van der Waals surface area contributed by atoms with E-state index in [-0.39, 0.29) is 0 Å². The summed E-state index contributed by atoms with van der Waals surface area (Å²) in [6, 6.07) is 0. The molecule has 0 aromatic rings. The first kappa shape index (κ1) is 13.6. The standard InChI is InChI=1S/C5H10.C4H10.C2H6/c1-2-5-3-4-5;1-4(2)3;1-2/h5H,2-4H2,1H3;4H,1-3H3;1-2H3. The average molecular weight is 158 g/mol. The third-order valence-corrected chi connectivity index (χ3v) is 1.27. The lowest BCUT2D eigenvalue weighted by Crippen LogP contribution is -1.66. The number of hydrogen-bond donors (Lipinski definition) is 0. The van der Waals surface area contributed by atoms with Crippen molar-refractivity contribution in [1.82, 2.24) is 0 Å². The van der Waals surface area contributed by atoms with Gasteiger partial charge in [-0.05, 0) is 11.8 Å². The SMILES string of the molecule is CC.CC(C)C.CCC1CC1. The summed E-state index contributed by atoms with van der Waals surface area (Å²) >= 11 is 0. The second kappa shape index (κ2) is 10.0. The van der Waals surface area contributed by atoms with Crippen molar-refractivity contribution in [2.24, 2.45) is 11.8 Å². The Morgan fingerprint density at radius 2 is 1.36 bits per heavy atom. The summed E-state index contributed by atoms with van der Waals surface area (Å²) in [4.78, 5) is 0. The molecule has 0 spiro atoms. The molecule has 1 saturated carbocycles. The van der Waals surface area contributed by atoms with Crippen LogP contribution in [0, 0.1) is 11.8 Å². The van der Waals surface area contributed by atoms with Gasteiger partial charge in [-0.25, -0.2) is 0 Å². The maximum atomic E-state index is 2.26. The molecule has 11 heavy (non-hydrogen) atoms. The molecule has 0 aromatic carbocycles. The van der Waals surface area contributed by atoms with Gasteiger partial charge in [-0.2, -0.15) is 0 Å². The van der Waals surface area contributed by atoms with E-state index in [1.165, 1.54) is 19.3 Å². The fraction of sp³-hybridized carbons (Fsp3) is 1.00. The van der Waals surface area contributed by atoms with Crippen LogP contribution in [0.3, 0.4) is 0 Å². The predicted molar refractivity (Wildman–Crippen MR) is 54.9 cm³/mol. The predicted octanol–water partition coefficient (Wildman–Crippen LogP) is 4.49. The molecule has 0 radical (unpaired) electrons. The summed E-state index contributed by atoms with van der Waals surface area (Å²) in [5, 5.41) is 0. The van der Waals surface area contributed by atoms with Crippen LogP contribution in [0.25, 0.3) is 0 Å². The van der Waals surface area contributed by atoms with Crippen molar-refractivity contribution in [3.63, 3.8) is 0 Å². The largest absolute Gasteiger partial charge is 0.0683 e. The van der Waals surface area contributed by atoms with Crippen molar-refractivity contribution >= 4 is 0 Å². The fourth-order valence-electron chi connectivity index (χ4n) is 0.526. The molecular formula is C11H26. The van der Waals surface area contributed by atoms with E-state index in [1.807, 2.05) is 13.8 Å². The van der Waals surface area contributed by atoms with Crippen LogP contribution < -0.4 is 0 Å². The fourth-order valence-corrected chi connectivity index (χ4v) is 0.526. The van der Waals surface area contributed by atoms with E-state index < -0.39 is 0 Å². The Morgan fingerprint density at radius 1 is 1.09 bits per heavy atom. The van der Waals surface area contributed by atoms with E-state index in [0.29, 0.717) is 0 Å². The van der Waals surface area contributed by atoms with Crippen LogP contribution in [-0.4, -0.2) is 0 Å². The highest BCUT2D eigenvalue weighted by atomic mass is 14.2. The van der Waals surface area contributed by atoms with Gasteiger partial charge in [0.25, 0.3) is 0 Å². The Balaban J connectivity index is 0. The van der Waals surface area contributed by atoms with Gasteiger partial charge < -0.3 is 0 Å². The highest BCUT2D eigenvalue weighted by Gasteiger charge is 2.17. The molecule has 0 bridgehead atoms. The molecule has 1 rings (SSSR count). The highest BCUT2D eigenvalue weighted by molar-refractivity contribution is 4.69. The van der Waals surface area contributed by atoms with Crippen molar-refractivity contribution in [2.45, 2.75) is 60.8 Å². The Kier molecular flexibility index (Phi) is 12.3. The first-order valence-electron chi connectivity index (χ1n) is 5.16. The smallest absolute Gasteiger partial charge is 0.0417 e. The van der Waals surface area contributed by atoms with Gasteiger partial charge in [0.15, 0.2) is 0 Å². The summed E-state index contributed by atoms with van der Waals surface area (Å²) < 4.78 is 0. The summed E-state index contributed by atoms with van der Waals surface area (Å²) in [6.45, 7) is 12.8. The van der Waals surface area contributed by atoms with Gasteiger partial charge in [-0.15, -0.1) is 0 Å². The molecule has 0 saturated heterocycles. The minimum Gasteiger partial charge on any atom is -0.0683 e. The number of rotatable bonds is 1. The topological polar surface area (TPSA) is 0 Å². The van der Waals surface area contributed by atoms with Crippen molar-refractivity contribution < 1.29 is 0 Å². The Labute approximate surface area is 73.4 Å². The van der Waals surface area contributed by atoms with Crippen molar-refractivity contribution in [2.75, 3.05) is 0 Å². The van der Waals surface area contributed by atoms with Gasteiger partial charge in [-0.3, -0.25) is 0 Å². The van der Waals surface area contributed by atoms with Gasteiger partial charge in [0.2, 0.25) is 0 Å².